The molecule has 0 aromatic rings. The topological polar surface area (TPSA) is 78.9 Å². The van der Waals surface area contributed by atoms with Crippen LogP contribution in [0.2, 0.25) is 0 Å². The van der Waals surface area contributed by atoms with Gasteiger partial charge in [-0.25, -0.2) is 0 Å². The number of esters is 3. The van der Waals surface area contributed by atoms with Crippen LogP contribution in [0.1, 0.15) is 380 Å². The van der Waals surface area contributed by atoms with E-state index in [2.05, 4.69) is 45.1 Å². The summed E-state index contributed by atoms with van der Waals surface area (Å²) in [6, 6.07) is 0. The van der Waals surface area contributed by atoms with Gasteiger partial charge in [0, 0.05) is 19.3 Å². The molecule has 0 saturated carbocycles. The van der Waals surface area contributed by atoms with Gasteiger partial charge in [0.2, 0.25) is 0 Å². The van der Waals surface area contributed by atoms with Crippen molar-refractivity contribution in [2.75, 3.05) is 13.2 Å². The zero-order chi connectivity index (χ0) is 54.3. The van der Waals surface area contributed by atoms with E-state index in [1.807, 2.05) is 0 Å². The lowest BCUT2D eigenvalue weighted by Crippen LogP contribution is -2.30. The molecule has 0 aliphatic carbocycles. The second-order valence-corrected chi connectivity index (χ2v) is 23.1. The summed E-state index contributed by atoms with van der Waals surface area (Å²) in [6.07, 6.45) is 78.0. The van der Waals surface area contributed by atoms with E-state index in [1.54, 1.807) is 0 Å². The van der Waals surface area contributed by atoms with Crippen molar-refractivity contribution < 1.29 is 28.6 Å². The minimum atomic E-state index is -0.763. The van der Waals surface area contributed by atoms with E-state index in [1.165, 1.54) is 276 Å². The van der Waals surface area contributed by atoms with Crippen LogP contribution in [-0.2, 0) is 28.6 Å². The largest absolute Gasteiger partial charge is 0.462 e. The molecule has 0 aliphatic heterocycles. The predicted molar refractivity (Wildman–Crippen MR) is 326 cm³/mol. The number of unbranched alkanes of at least 4 members (excludes halogenated alkanes) is 48. The summed E-state index contributed by atoms with van der Waals surface area (Å²) in [5.41, 5.74) is 0. The molecule has 0 rings (SSSR count). The van der Waals surface area contributed by atoms with Gasteiger partial charge in [0.05, 0.1) is 0 Å². The van der Waals surface area contributed by atoms with Gasteiger partial charge < -0.3 is 14.2 Å². The number of carbonyl (C=O) groups is 3. The minimum absolute atomic E-state index is 0.0634. The Morgan fingerprint density at radius 3 is 0.733 bits per heavy atom. The Morgan fingerprint density at radius 2 is 0.480 bits per heavy atom. The van der Waals surface area contributed by atoms with Crippen LogP contribution in [-0.4, -0.2) is 37.2 Å². The van der Waals surface area contributed by atoms with Crippen molar-refractivity contribution in [1.82, 2.24) is 0 Å². The smallest absolute Gasteiger partial charge is 0.306 e. The normalized spacial score (nSPS) is 12.1. The first kappa shape index (κ1) is 72.9. The van der Waals surface area contributed by atoms with E-state index in [4.69, 9.17) is 14.2 Å². The van der Waals surface area contributed by atoms with Gasteiger partial charge in [-0.05, 0) is 51.4 Å². The Hall–Kier alpha value is -2.11. The number of rotatable bonds is 63. The van der Waals surface area contributed by atoms with Gasteiger partial charge >= 0.3 is 17.9 Å². The highest BCUT2D eigenvalue weighted by atomic mass is 16.6. The van der Waals surface area contributed by atoms with Crippen LogP contribution < -0.4 is 0 Å². The fraction of sp³-hybridized carbons (Fsp3) is 0.899. The van der Waals surface area contributed by atoms with Gasteiger partial charge in [-0.1, -0.05) is 334 Å². The molecule has 0 heterocycles. The molecule has 0 saturated heterocycles. The Bertz CT molecular complexity index is 1210. The average molecular weight is 1060 g/mol. The van der Waals surface area contributed by atoms with Crippen LogP contribution in [0.5, 0.6) is 0 Å². The lowest BCUT2D eigenvalue weighted by atomic mass is 10.0. The highest BCUT2D eigenvalue weighted by Gasteiger charge is 2.19. The van der Waals surface area contributed by atoms with Gasteiger partial charge in [-0.2, -0.15) is 0 Å². The molecule has 6 nitrogen and oxygen atoms in total. The van der Waals surface area contributed by atoms with E-state index in [0.717, 1.165) is 64.2 Å². The second kappa shape index (κ2) is 64.4. The monoisotopic (exact) mass is 1050 g/mol. The van der Waals surface area contributed by atoms with E-state index in [9.17, 15) is 14.4 Å². The zero-order valence-electron chi connectivity index (χ0n) is 50.8. The first-order valence-electron chi connectivity index (χ1n) is 33.8. The highest BCUT2D eigenvalue weighted by molar-refractivity contribution is 5.71. The summed E-state index contributed by atoms with van der Waals surface area (Å²) in [7, 11) is 0. The number of allylic oxidation sites excluding steroid dienone is 4. The maximum atomic E-state index is 12.8. The average Bonchev–Trinajstić information content (AvgIpc) is 3.41. The molecule has 0 aromatic heterocycles. The Morgan fingerprint density at radius 1 is 0.267 bits per heavy atom. The fourth-order valence-corrected chi connectivity index (χ4v) is 10.4. The molecule has 6 heteroatoms. The van der Waals surface area contributed by atoms with Crippen molar-refractivity contribution in [2.24, 2.45) is 0 Å². The summed E-state index contributed by atoms with van der Waals surface area (Å²) < 4.78 is 16.9. The first-order valence-corrected chi connectivity index (χ1v) is 33.8. The zero-order valence-corrected chi connectivity index (χ0v) is 50.8. The molecular formula is C69H130O6. The van der Waals surface area contributed by atoms with Crippen molar-refractivity contribution in [3.63, 3.8) is 0 Å². The summed E-state index contributed by atoms with van der Waals surface area (Å²) in [5, 5.41) is 0. The summed E-state index contributed by atoms with van der Waals surface area (Å²) >= 11 is 0. The van der Waals surface area contributed by atoms with Gasteiger partial charge in [-0.15, -0.1) is 0 Å². The molecule has 0 radical (unpaired) electrons. The lowest BCUT2D eigenvalue weighted by molar-refractivity contribution is -0.167. The third kappa shape index (κ3) is 62.6. The molecule has 0 aliphatic rings. The standard InChI is InChI=1S/C69H130O6/c1-4-7-10-13-16-19-21-23-24-25-26-27-28-29-30-31-32-33-34-35-36-37-38-39-40-41-42-43-44-46-47-50-53-56-59-62-68(71)74-65-66(64-73-67(70)61-58-55-52-49-18-15-12-9-6-3)75-69(72)63-60-57-54-51-48-45-22-20-17-14-11-8-5-2/h21,23,25-26,66H,4-20,22,24,27-65H2,1-3H3/b23-21-,26-25-. The van der Waals surface area contributed by atoms with Crippen molar-refractivity contribution in [3.8, 4) is 0 Å². The van der Waals surface area contributed by atoms with Crippen molar-refractivity contribution >= 4 is 17.9 Å². The van der Waals surface area contributed by atoms with Crippen LogP contribution in [0.15, 0.2) is 24.3 Å². The molecule has 442 valence electrons. The van der Waals surface area contributed by atoms with Gasteiger partial charge in [0.1, 0.15) is 13.2 Å². The van der Waals surface area contributed by atoms with Crippen molar-refractivity contribution in [3.05, 3.63) is 24.3 Å². The summed E-state index contributed by atoms with van der Waals surface area (Å²) in [5.74, 6) is -0.840. The Kier molecular flexibility index (Phi) is 62.6. The summed E-state index contributed by atoms with van der Waals surface area (Å²) in [6.45, 7) is 6.67. The lowest BCUT2D eigenvalue weighted by Gasteiger charge is -2.18. The minimum Gasteiger partial charge on any atom is -0.462 e. The molecule has 0 spiro atoms. The first-order chi connectivity index (χ1) is 37.0. The molecule has 0 amide bonds. The molecule has 0 bridgehead atoms. The number of hydrogen-bond donors (Lipinski definition) is 0. The van der Waals surface area contributed by atoms with Gasteiger partial charge in [0.15, 0.2) is 6.10 Å². The molecule has 1 atom stereocenters. The van der Waals surface area contributed by atoms with Gasteiger partial charge in [-0.3, -0.25) is 14.4 Å². The van der Waals surface area contributed by atoms with E-state index in [0.29, 0.717) is 19.3 Å². The Labute approximate surface area is 468 Å². The van der Waals surface area contributed by atoms with E-state index >= 15 is 0 Å². The highest BCUT2D eigenvalue weighted by Crippen LogP contribution is 2.18. The van der Waals surface area contributed by atoms with Crippen LogP contribution in [0.25, 0.3) is 0 Å². The number of ether oxygens (including phenoxy) is 3. The van der Waals surface area contributed by atoms with E-state index < -0.39 is 6.10 Å². The fourth-order valence-electron chi connectivity index (χ4n) is 10.4. The van der Waals surface area contributed by atoms with E-state index in [-0.39, 0.29) is 31.1 Å². The third-order valence-electron chi connectivity index (χ3n) is 15.5. The van der Waals surface area contributed by atoms with Crippen LogP contribution in [0.4, 0.5) is 0 Å². The maximum absolute atomic E-state index is 12.8. The van der Waals surface area contributed by atoms with Crippen molar-refractivity contribution in [2.45, 2.75) is 386 Å². The number of carbonyl (C=O) groups excluding carboxylic acids is 3. The molecule has 0 N–H and O–H groups in total. The molecular weight excluding hydrogens is 925 g/mol. The quantitative estimate of drug-likeness (QED) is 0.0261. The predicted octanol–water partition coefficient (Wildman–Crippen LogP) is 23.0. The second-order valence-electron chi connectivity index (χ2n) is 23.1. The van der Waals surface area contributed by atoms with Gasteiger partial charge in [0.25, 0.3) is 0 Å². The number of hydrogen-bond acceptors (Lipinski definition) is 6. The summed E-state index contributed by atoms with van der Waals surface area (Å²) in [4.78, 5) is 38.1. The molecule has 0 aromatic carbocycles. The maximum Gasteiger partial charge on any atom is 0.306 e. The molecule has 75 heavy (non-hydrogen) atoms. The van der Waals surface area contributed by atoms with Crippen LogP contribution in [0.3, 0.4) is 0 Å². The van der Waals surface area contributed by atoms with Crippen LogP contribution >= 0.6 is 0 Å². The Balaban J connectivity index is 3.92. The van der Waals surface area contributed by atoms with Crippen LogP contribution in [0, 0.1) is 0 Å². The SMILES string of the molecule is CCCCCCC/C=C\C/C=C\CCCCCCCCCCCCCCCCCCCCCCCCCC(=O)OCC(COC(=O)CCCCCCCCCCC)OC(=O)CCCCCCCCCCCCCCC. The molecule has 1 unspecified atom stereocenters. The molecule has 0 fully saturated rings. The third-order valence-corrected chi connectivity index (χ3v) is 15.5. The van der Waals surface area contributed by atoms with Crippen molar-refractivity contribution in [1.29, 1.82) is 0 Å².